The molecule has 2 aromatic carbocycles. The predicted octanol–water partition coefficient (Wildman–Crippen LogP) is 2.28. The third kappa shape index (κ3) is 3.99. The summed E-state index contributed by atoms with van der Waals surface area (Å²) in [5, 5.41) is 0. The molecule has 1 saturated heterocycles. The molecule has 0 unspecified atom stereocenters. The van der Waals surface area contributed by atoms with Crippen molar-refractivity contribution in [2.24, 2.45) is 0 Å². The molecule has 0 spiro atoms. The van der Waals surface area contributed by atoms with Crippen molar-refractivity contribution in [3.63, 3.8) is 0 Å². The van der Waals surface area contributed by atoms with Gasteiger partial charge in [-0.05, 0) is 49.2 Å². The number of fused-ring (bicyclic) bond motifs is 1. The average molecular weight is 434 g/mol. The van der Waals surface area contributed by atoms with Gasteiger partial charge in [-0.25, -0.2) is 12.8 Å². The maximum Gasteiger partial charge on any atom is 0.243 e. The number of likely N-dealkylation sites (N-methyl/N-ethyl adjacent to an activating group) is 1. The summed E-state index contributed by atoms with van der Waals surface area (Å²) in [4.78, 5) is 14.5. The van der Waals surface area contributed by atoms with Crippen LogP contribution < -0.4 is 9.47 Å². The zero-order valence-corrected chi connectivity index (χ0v) is 17.3. The number of hydrogen-bond donors (Lipinski definition) is 0. The standard InChI is InChI=1S/C21H23FN2O5S/c1-23(13-16-14-28-19-6-2-3-7-20(19)29-16)21(25)18-5-4-12-24(18)30(26,27)17-10-8-15(22)9-11-17/h2-3,6-11,16,18H,4-5,12-14H2,1H3/t16-,18-/m0/s1. The Morgan fingerprint density at radius 1 is 1.17 bits per heavy atom. The van der Waals surface area contributed by atoms with Crippen LogP contribution in [0.25, 0.3) is 0 Å². The topological polar surface area (TPSA) is 76.2 Å². The number of rotatable bonds is 5. The van der Waals surface area contributed by atoms with E-state index < -0.39 is 21.9 Å². The van der Waals surface area contributed by atoms with Crippen LogP contribution in [0.1, 0.15) is 12.8 Å². The number of carbonyl (C=O) groups excluding carboxylic acids is 1. The van der Waals surface area contributed by atoms with Gasteiger partial charge in [0, 0.05) is 13.6 Å². The first-order valence-electron chi connectivity index (χ1n) is 9.77. The van der Waals surface area contributed by atoms with Gasteiger partial charge in [0.2, 0.25) is 15.9 Å². The monoisotopic (exact) mass is 434 g/mol. The lowest BCUT2D eigenvalue weighted by Crippen LogP contribution is -2.49. The van der Waals surface area contributed by atoms with Crippen molar-refractivity contribution in [3.05, 3.63) is 54.3 Å². The van der Waals surface area contributed by atoms with Crippen LogP contribution in [0.3, 0.4) is 0 Å². The van der Waals surface area contributed by atoms with Gasteiger partial charge < -0.3 is 14.4 Å². The van der Waals surface area contributed by atoms with Crippen molar-refractivity contribution in [1.29, 1.82) is 0 Å². The highest BCUT2D eigenvalue weighted by Crippen LogP contribution is 2.31. The van der Waals surface area contributed by atoms with E-state index in [-0.39, 0.29) is 30.0 Å². The van der Waals surface area contributed by atoms with Crippen LogP contribution in [0.2, 0.25) is 0 Å². The fourth-order valence-corrected chi connectivity index (χ4v) is 5.47. The van der Waals surface area contributed by atoms with Crippen molar-refractivity contribution in [2.45, 2.75) is 29.9 Å². The maximum atomic E-state index is 13.2. The molecular weight excluding hydrogens is 411 g/mol. The first-order valence-corrected chi connectivity index (χ1v) is 11.2. The number of carbonyl (C=O) groups is 1. The molecule has 0 bridgehead atoms. The number of ether oxygens (including phenoxy) is 2. The molecule has 1 amide bonds. The summed E-state index contributed by atoms with van der Waals surface area (Å²) >= 11 is 0. The van der Waals surface area contributed by atoms with E-state index in [1.165, 1.54) is 21.3 Å². The smallest absolute Gasteiger partial charge is 0.243 e. The molecule has 0 aliphatic carbocycles. The molecule has 1 fully saturated rings. The predicted molar refractivity (Wildman–Crippen MR) is 107 cm³/mol. The molecule has 7 nitrogen and oxygen atoms in total. The Bertz CT molecular complexity index is 1030. The number of sulfonamides is 1. The van der Waals surface area contributed by atoms with Crippen LogP contribution in [-0.2, 0) is 14.8 Å². The molecule has 2 aromatic rings. The van der Waals surface area contributed by atoms with E-state index in [9.17, 15) is 17.6 Å². The second-order valence-corrected chi connectivity index (χ2v) is 9.33. The molecule has 30 heavy (non-hydrogen) atoms. The molecule has 2 heterocycles. The van der Waals surface area contributed by atoms with Crippen molar-refractivity contribution in [3.8, 4) is 11.5 Å². The number of benzene rings is 2. The van der Waals surface area contributed by atoms with Crippen LogP contribution in [0.4, 0.5) is 4.39 Å². The summed E-state index contributed by atoms with van der Waals surface area (Å²) in [6, 6.07) is 11.2. The maximum absolute atomic E-state index is 13.2. The highest BCUT2D eigenvalue weighted by molar-refractivity contribution is 7.89. The molecule has 0 saturated carbocycles. The molecular formula is C21H23FN2O5S. The van der Waals surface area contributed by atoms with Gasteiger partial charge in [0.05, 0.1) is 11.4 Å². The fraction of sp³-hybridized carbons (Fsp3) is 0.381. The zero-order chi connectivity index (χ0) is 21.3. The second-order valence-electron chi connectivity index (χ2n) is 7.44. The summed E-state index contributed by atoms with van der Waals surface area (Å²) in [5.74, 6) is 0.478. The Kier molecular flexibility index (Phi) is 5.66. The lowest BCUT2D eigenvalue weighted by Gasteiger charge is -2.32. The van der Waals surface area contributed by atoms with Crippen LogP contribution in [0, 0.1) is 5.82 Å². The Morgan fingerprint density at radius 3 is 2.60 bits per heavy atom. The average Bonchev–Trinajstić information content (AvgIpc) is 3.24. The van der Waals surface area contributed by atoms with Crippen molar-refractivity contribution in [2.75, 3.05) is 26.7 Å². The lowest BCUT2D eigenvalue weighted by molar-refractivity contribution is -0.134. The number of halogens is 1. The Morgan fingerprint density at radius 2 is 1.87 bits per heavy atom. The molecule has 0 N–H and O–H groups in total. The molecule has 2 atom stereocenters. The Hall–Kier alpha value is -2.65. The van der Waals surface area contributed by atoms with Gasteiger partial charge in [-0.1, -0.05) is 12.1 Å². The van der Waals surface area contributed by atoms with Crippen molar-refractivity contribution < 1.29 is 27.1 Å². The molecule has 9 heteroatoms. The number of nitrogens with zero attached hydrogens (tertiary/aromatic N) is 2. The van der Waals surface area contributed by atoms with Crippen LogP contribution in [0.5, 0.6) is 11.5 Å². The summed E-state index contributed by atoms with van der Waals surface area (Å²) in [7, 11) is -2.26. The quantitative estimate of drug-likeness (QED) is 0.722. The van der Waals surface area contributed by atoms with E-state index >= 15 is 0 Å². The Labute approximate surface area is 175 Å². The van der Waals surface area contributed by atoms with E-state index in [4.69, 9.17) is 9.47 Å². The summed E-state index contributed by atoms with van der Waals surface area (Å²) in [5.41, 5.74) is 0. The van der Waals surface area contributed by atoms with E-state index in [2.05, 4.69) is 0 Å². The SMILES string of the molecule is CN(C[C@H]1COc2ccccc2O1)C(=O)[C@@H]1CCCN1S(=O)(=O)c1ccc(F)cc1. The van der Waals surface area contributed by atoms with Gasteiger partial charge in [-0.2, -0.15) is 4.31 Å². The van der Waals surface area contributed by atoms with Gasteiger partial charge in [0.1, 0.15) is 18.5 Å². The van der Waals surface area contributed by atoms with E-state index in [1.54, 1.807) is 13.1 Å². The second kappa shape index (κ2) is 8.23. The summed E-state index contributed by atoms with van der Waals surface area (Å²) < 4.78 is 52.0. The summed E-state index contributed by atoms with van der Waals surface area (Å²) in [6.45, 7) is 0.825. The molecule has 0 radical (unpaired) electrons. The van der Waals surface area contributed by atoms with Crippen molar-refractivity contribution >= 4 is 15.9 Å². The van der Waals surface area contributed by atoms with Gasteiger partial charge in [0.25, 0.3) is 0 Å². The lowest BCUT2D eigenvalue weighted by atomic mass is 10.2. The van der Waals surface area contributed by atoms with Crippen LogP contribution in [-0.4, -0.2) is 62.4 Å². The van der Waals surface area contributed by atoms with Crippen LogP contribution >= 0.6 is 0 Å². The third-order valence-corrected chi connectivity index (χ3v) is 7.25. The van der Waals surface area contributed by atoms with Gasteiger partial charge in [0.15, 0.2) is 17.6 Å². The highest BCUT2D eigenvalue weighted by atomic mass is 32.2. The van der Waals surface area contributed by atoms with Gasteiger partial charge in [-0.15, -0.1) is 0 Å². The third-order valence-electron chi connectivity index (χ3n) is 5.33. The largest absolute Gasteiger partial charge is 0.486 e. The fourth-order valence-electron chi connectivity index (χ4n) is 3.82. The van der Waals surface area contributed by atoms with Gasteiger partial charge >= 0.3 is 0 Å². The molecule has 0 aromatic heterocycles. The minimum Gasteiger partial charge on any atom is -0.486 e. The zero-order valence-electron chi connectivity index (χ0n) is 16.5. The molecule has 2 aliphatic heterocycles. The number of para-hydroxylation sites is 2. The Balaban J connectivity index is 1.45. The molecule has 4 rings (SSSR count). The van der Waals surface area contributed by atoms with E-state index in [0.717, 1.165) is 12.1 Å². The number of hydrogen-bond acceptors (Lipinski definition) is 5. The first-order chi connectivity index (χ1) is 14.4. The minimum atomic E-state index is -3.89. The van der Waals surface area contributed by atoms with Crippen LogP contribution in [0.15, 0.2) is 53.4 Å². The highest BCUT2D eigenvalue weighted by Gasteiger charge is 2.41. The first kappa shape index (κ1) is 20.6. The van der Waals surface area contributed by atoms with Crippen molar-refractivity contribution in [1.82, 2.24) is 9.21 Å². The normalized spacial score (nSPS) is 21.4. The van der Waals surface area contributed by atoms with Gasteiger partial charge in [-0.3, -0.25) is 4.79 Å². The molecule has 160 valence electrons. The molecule has 2 aliphatic rings. The van der Waals surface area contributed by atoms with E-state index in [1.807, 2.05) is 18.2 Å². The number of amides is 1. The van der Waals surface area contributed by atoms with E-state index in [0.29, 0.717) is 30.9 Å². The summed E-state index contributed by atoms with van der Waals surface area (Å²) in [6.07, 6.45) is 0.674. The minimum absolute atomic E-state index is 0.0214.